The topological polar surface area (TPSA) is 119 Å². The highest BCUT2D eigenvalue weighted by atomic mass is 16.6. The molecule has 21 heavy (non-hydrogen) atoms. The van der Waals surface area contributed by atoms with Crippen molar-refractivity contribution in [1.29, 1.82) is 0 Å². The smallest absolute Gasteiger partial charge is 0.258 e. The molecular weight excluding hydrogens is 278 g/mol. The molecule has 0 aromatic heterocycles. The molecule has 0 unspecified atom stereocenters. The van der Waals surface area contributed by atoms with E-state index in [1.54, 1.807) is 0 Å². The number of para-hydroxylation sites is 2. The van der Waals surface area contributed by atoms with Crippen LogP contribution >= 0.6 is 0 Å². The van der Waals surface area contributed by atoms with Crippen molar-refractivity contribution in [2.24, 2.45) is 5.16 Å². The van der Waals surface area contributed by atoms with Crippen LogP contribution in [0.4, 0.5) is 11.4 Å². The van der Waals surface area contributed by atoms with Gasteiger partial charge in [0.05, 0.1) is 21.0 Å². The van der Waals surface area contributed by atoms with Crippen LogP contribution in [0.3, 0.4) is 0 Å². The fourth-order valence-corrected chi connectivity index (χ4v) is 1.91. The van der Waals surface area contributed by atoms with Gasteiger partial charge in [-0.3, -0.25) is 20.2 Å². The predicted molar refractivity (Wildman–Crippen MR) is 72.5 cm³/mol. The maximum atomic E-state index is 11.1. The number of nitro benzene ring substituents is 2. The third kappa shape index (κ3) is 2.68. The first-order valence-electron chi connectivity index (χ1n) is 5.74. The summed E-state index contributed by atoms with van der Waals surface area (Å²) in [6.07, 6.45) is 0. The van der Waals surface area contributed by atoms with E-state index in [9.17, 15) is 25.4 Å². The maximum absolute atomic E-state index is 11.1. The number of hydrogen-bond acceptors (Lipinski definition) is 5. The number of nitrogens with zero attached hydrogens (tertiary/aromatic N) is 3. The Morgan fingerprint density at radius 1 is 0.810 bits per heavy atom. The average molecular weight is 286 g/mol. The van der Waals surface area contributed by atoms with Gasteiger partial charge in [-0.25, -0.2) is 0 Å². The van der Waals surface area contributed by atoms with E-state index in [1.165, 1.54) is 48.5 Å². The predicted octanol–water partition coefficient (Wildman–Crippen LogP) is 2.69. The summed E-state index contributed by atoms with van der Waals surface area (Å²) in [7, 11) is 0. The Bertz CT molecular complexity index is 683. The van der Waals surface area contributed by atoms with E-state index in [4.69, 9.17) is 0 Å². The highest BCUT2D eigenvalue weighted by Crippen LogP contribution is 2.26. The Labute approximate surface area is 118 Å². The van der Waals surface area contributed by atoms with Crippen molar-refractivity contribution >= 4 is 17.1 Å². The van der Waals surface area contributed by atoms with Crippen LogP contribution in [0.25, 0.3) is 0 Å². The van der Waals surface area contributed by atoms with Gasteiger partial charge in [-0.05, 0) is 17.3 Å². The summed E-state index contributed by atoms with van der Waals surface area (Å²) in [5.41, 5.74) is -1.15. The average Bonchev–Trinajstić information content (AvgIpc) is 2.48. The standard InChI is InChI=1S/C13H8N3O5/c17-14-13(9-5-1-3-7-11(9)15(18)19)10-6-2-4-8-12(10)16(20)21/h1-8H. The first kappa shape index (κ1) is 14.1. The van der Waals surface area contributed by atoms with Crippen LogP contribution in [0.1, 0.15) is 11.1 Å². The quantitative estimate of drug-likeness (QED) is 0.487. The van der Waals surface area contributed by atoms with Crippen molar-refractivity contribution in [3.05, 3.63) is 79.9 Å². The molecule has 0 amide bonds. The lowest BCUT2D eigenvalue weighted by molar-refractivity contribution is -0.385. The molecule has 8 nitrogen and oxygen atoms in total. The van der Waals surface area contributed by atoms with Gasteiger partial charge in [0.2, 0.25) is 0 Å². The van der Waals surface area contributed by atoms with E-state index >= 15 is 0 Å². The minimum atomic E-state index is -0.671. The lowest BCUT2D eigenvalue weighted by atomic mass is 9.99. The zero-order valence-corrected chi connectivity index (χ0v) is 10.5. The Morgan fingerprint density at radius 2 is 1.19 bits per heavy atom. The summed E-state index contributed by atoms with van der Waals surface area (Å²) in [6.45, 7) is 0. The lowest BCUT2D eigenvalue weighted by Crippen LogP contribution is -2.09. The van der Waals surface area contributed by atoms with E-state index in [0.717, 1.165) is 0 Å². The summed E-state index contributed by atoms with van der Waals surface area (Å²) >= 11 is 0. The van der Waals surface area contributed by atoms with E-state index < -0.39 is 9.85 Å². The molecule has 0 aliphatic rings. The summed E-state index contributed by atoms with van der Waals surface area (Å²) in [4.78, 5) is 20.7. The second-order valence-electron chi connectivity index (χ2n) is 3.99. The van der Waals surface area contributed by atoms with Crippen LogP contribution in [-0.2, 0) is 5.21 Å². The van der Waals surface area contributed by atoms with Gasteiger partial charge in [0.15, 0.2) is 0 Å². The highest BCUT2D eigenvalue weighted by Gasteiger charge is 2.25. The third-order valence-electron chi connectivity index (χ3n) is 2.80. The SMILES string of the molecule is [O]N=C(c1ccccc1[N+](=O)[O-])c1ccccc1[N+](=O)[O-]. The minimum Gasteiger partial charge on any atom is -0.258 e. The van der Waals surface area contributed by atoms with Crippen molar-refractivity contribution < 1.29 is 15.1 Å². The van der Waals surface area contributed by atoms with Gasteiger partial charge in [-0.2, -0.15) is 0 Å². The summed E-state index contributed by atoms with van der Waals surface area (Å²) in [5, 5.41) is 35.9. The molecule has 0 spiro atoms. The van der Waals surface area contributed by atoms with E-state index in [0.29, 0.717) is 0 Å². The number of benzene rings is 2. The Hall–Kier alpha value is -3.29. The minimum absolute atomic E-state index is 0.0631. The molecule has 8 heteroatoms. The van der Waals surface area contributed by atoms with Crippen molar-refractivity contribution in [2.75, 3.05) is 0 Å². The van der Waals surface area contributed by atoms with Crippen LogP contribution in [0, 0.1) is 20.2 Å². The van der Waals surface area contributed by atoms with E-state index in [1.807, 2.05) is 0 Å². The molecule has 0 atom stereocenters. The van der Waals surface area contributed by atoms with E-state index in [-0.39, 0.29) is 28.2 Å². The second kappa shape index (κ2) is 5.78. The van der Waals surface area contributed by atoms with Crippen molar-refractivity contribution in [2.45, 2.75) is 0 Å². The van der Waals surface area contributed by atoms with Crippen LogP contribution in [0.15, 0.2) is 53.7 Å². The van der Waals surface area contributed by atoms with Gasteiger partial charge < -0.3 is 0 Å². The summed E-state index contributed by atoms with van der Waals surface area (Å²) in [5.74, 6) is 0. The van der Waals surface area contributed by atoms with Crippen molar-refractivity contribution in [3.63, 3.8) is 0 Å². The molecule has 105 valence electrons. The highest BCUT2D eigenvalue weighted by molar-refractivity contribution is 6.16. The fourth-order valence-electron chi connectivity index (χ4n) is 1.91. The Balaban J connectivity index is 2.68. The zero-order chi connectivity index (χ0) is 15.4. The largest absolute Gasteiger partial charge is 0.278 e. The molecule has 2 aromatic rings. The second-order valence-corrected chi connectivity index (χ2v) is 3.99. The molecule has 0 fully saturated rings. The monoisotopic (exact) mass is 286 g/mol. The molecule has 2 aromatic carbocycles. The number of rotatable bonds is 4. The van der Waals surface area contributed by atoms with Gasteiger partial charge in [-0.1, -0.05) is 24.3 Å². The third-order valence-corrected chi connectivity index (χ3v) is 2.80. The van der Waals surface area contributed by atoms with Crippen LogP contribution in [0.5, 0.6) is 0 Å². The number of nitro groups is 2. The van der Waals surface area contributed by atoms with E-state index in [2.05, 4.69) is 5.16 Å². The zero-order valence-electron chi connectivity index (χ0n) is 10.5. The molecule has 0 saturated heterocycles. The summed E-state index contributed by atoms with van der Waals surface area (Å²) in [6, 6.07) is 10.9. The molecule has 0 aliphatic carbocycles. The molecule has 0 bridgehead atoms. The lowest BCUT2D eigenvalue weighted by Gasteiger charge is -2.05. The van der Waals surface area contributed by atoms with Gasteiger partial charge >= 0.3 is 0 Å². The molecular formula is C13H8N3O5. The summed E-state index contributed by atoms with van der Waals surface area (Å²) < 4.78 is 0. The molecule has 2 rings (SSSR count). The maximum Gasteiger partial charge on any atom is 0.278 e. The first-order chi connectivity index (χ1) is 10.1. The van der Waals surface area contributed by atoms with Gasteiger partial charge in [0, 0.05) is 12.1 Å². The van der Waals surface area contributed by atoms with Crippen molar-refractivity contribution in [1.82, 2.24) is 0 Å². The van der Waals surface area contributed by atoms with Crippen LogP contribution < -0.4 is 0 Å². The van der Waals surface area contributed by atoms with Crippen molar-refractivity contribution in [3.8, 4) is 0 Å². The molecule has 1 radical (unpaired) electrons. The molecule has 0 saturated carbocycles. The normalized spacial score (nSPS) is 9.90. The Kier molecular flexibility index (Phi) is 3.89. The number of hydrogen-bond donors (Lipinski definition) is 0. The molecule has 0 heterocycles. The first-order valence-corrected chi connectivity index (χ1v) is 5.74. The van der Waals surface area contributed by atoms with Gasteiger partial charge in [-0.15, -0.1) is 5.21 Å². The van der Waals surface area contributed by atoms with Crippen LogP contribution in [-0.4, -0.2) is 15.6 Å². The Morgan fingerprint density at radius 3 is 1.52 bits per heavy atom. The van der Waals surface area contributed by atoms with Gasteiger partial charge in [0.25, 0.3) is 11.4 Å². The van der Waals surface area contributed by atoms with Crippen LogP contribution in [0.2, 0.25) is 0 Å². The fraction of sp³-hybridized carbons (Fsp3) is 0. The molecule has 0 aliphatic heterocycles. The molecule has 0 N–H and O–H groups in total. The van der Waals surface area contributed by atoms with Gasteiger partial charge in [0.1, 0.15) is 5.71 Å².